The fraction of sp³-hybridized carbons (Fsp3) is 0.800. The molecule has 1 saturated heterocycles. The van der Waals surface area contributed by atoms with Crippen molar-refractivity contribution in [3.63, 3.8) is 0 Å². The van der Waals surface area contributed by atoms with Gasteiger partial charge in [-0.3, -0.25) is 9.69 Å². The Kier molecular flexibility index (Phi) is 5.02. The number of carbonyl (C=O) groups excluding carboxylic acids is 1. The van der Waals surface area contributed by atoms with Crippen LogP contribution >= 0.6 is 12.4 Å². The van der Waals surface area contributed by atoms with E-state index in [2.05, 4.69) is 15.4 Å². The van der Waals surface area contributed by atoms with Crippen LogP contribution < -0.4 is 5.32 Å². The van der Waals surface area contributed by atoms with Gasteiger partial charge in [0.15, 0.2) is 0 Å². The van der Waals surface area contributed by atoms with Gasteiger partial charge in [-0.2, -0.15) is 0 Å². The first kappa shape index (κ1) is 13.3. The van der Waals surface area contributed by atoms with Crippen molar-refractivity contribution in [2.75, 3.05) is 19.6 Å². The first-order chi connectivity index (χ1) is 7.28. The molecule has 0 aromatic carbocycles. The lowest BCUT2D eigenvalue weighted by atomic mass is 10.1. The van der Waals surface area contributed by atoms with Crippen LogP contribution in [0.4, 0.5) is 0 Å². The Morgan fingerprint density at radius 3 is 2.56 bits per heavy atom. The Hall–Kier alpha value is -0.810. The first-order valence-electron chi connectivity index (χ1n) is 5.49. The number of amides is 1. The van der Waals surface area contributed by atoms with Crippen molar-refractivity contribution in [3.05, 3.63) is 0 Å². The summed E-state index contributed by atoms with van der Waals surface area (Å²) >= 11 is 0. The molecule has 2 rings (SSSR count). The van der Waals surface area contributed by atoms with Gasteiger partial charge < -0.3 is 10.5 Å². The maximum absolute atomic E-state index is 11.5. The lowest BCUT2D eigenvalue weighted by molar-refractivity contribution is -0.122. The number of nitrogens with zero attached hydrogens (tertiary/aromatic N) is 2. The van der Waals surface area contributed by atoms with Crippen molar-refractivity contribution in [1.29, 1.82) is 0 Å². The third-order valence-corrected chi connectivity index (χ3v) is 2.88. The number of hydrogen-bond acceptors (Lipinski definition) is 4. The molecule has 0 radical (unpaired) electrons. The molecule has 92 valence electrons. The molecule has 0 aromatic heterocycles. The topological polar surface area (TPSA) is 64.9 Å². The Bertz CT molecular complexity index is 269. The molecular weight excluding hydrogens is 230 g/mol. The lowest BCUT2D eigenvalue weighted by Crippen LogP contribution is -2.42. The molecule has 1 amide bonds. The summed E-state index contributed by atoms with van der Waals surface area (Å²) in [6, 6.07) is 0.442. The minimum atomic E-state index is 0. The van der Waals surface area contributed by atoms with E-state index in [4.69, 9.17) is 5.21 Å². The van der Waals surface area contributed by atoms with Crippen molar-refractivity contribution in [2.24, 2.45) is 5.16 Å². The van der Waals surface area contributed by atoms with E-state index in [9.17, 15) is 4.79 Å². The Morgan fingerprint density at radius 2 is 2.06 bits per heavy atom. The van der Waals surface area contributed by atoms with Crippen LogP contribution in [0.15, 0.2) is 5.16 Å². The van der Waals surface area contributed by atoms with Crippen molar-refractivity contribution in [1.82, 2.24) is 10.2 Å². The fourth-order valence-electron chi connectivity index (χ4n) is 1.77. The van der Waals surface area contributed by atoms with Crippen LogP contribution in [0.25, 0.3) is 0 Å². The summed E-state index contributed by atoms with van der Waals surface area (Å²) in [6.07, 6.45) is 3.81. The monoisotopic (exact) mass is 247 g/mol. The van der Waals surface area contributed by atoms with Gasteiger partial charge in [-0.1, -0.05) is 5.16 Å². The highest BCUT2D eigenvalue weighted by Crippen LogP contribution is 2.18. The zero-order chi connectivity index (χ0) is 10.7. The van der Waals surface area contributed by atoms with Crippen LogP contribution in [0.3, 0.4) is 0 Å². The average molecular weight is 248 g/mol. The van der Waals surface area contributed by atoms with Crippen LogP contribution in [-0.4, -0.2) is 47.4 Å². The number of likely N-dealkylation sites (tertiary alicyclic amines) is 1. The van der Waals surface area contributed by atoms with Crippen LogP contribution in [0.5, 0.6) is 0 Å². The molecule has 2 fully saturated rings. The second-order valence-corrected chi connectivity index (χ2v) is 4.28. The molecule has 1 saturated carbocycles. The van der Waals surface area contributed by atoms with E-state index < -0.39 is 0 Å². The molecule has 0 spiro atoms. The number of piperidine rings is 1. The second kappa shape index (κ2) is 6.06. The normalized spacial score (nSPS) is 21.1. The number of rotatable bonds is 3. The summed E-state index contributed by atoms with van der Waals surface area (Å²) in [5, 5.41) is 14.8. The number of carbonyl (C=O) groups is 1. The third-order valence-electron chi connectivity index (χ3n) is 2.88. The van der Waals surface area contributed by atoms with E-state index >= 15 is 0 Å². The molecule has 1 aliphatic heterocycles. The highest BCUT2D eigenvalue weighted by Gasteiger charge is 2.24. The van der Waals surface area contributed by atoms with E-state index in [1.807, 2.05) is 0 Å². The highest BCUT2D eigenvalue weighted by atomic mass is 35.5. The summed E-state index contributed by atoms with van der Waals surface area (Å²) in [5.74, 6) is 0.127. The average Bonchev–Trinajstić information content (AvgIpc) is 3.03. The molecule has 0 atom stereocenters. The largest absolute Gasteiger partial charge is 0.411 e. The summed E-state index contributed by atoms with van der Waals surface area (Å²) in [7, 11) is 0. The van der Waals surface area contributed by atoms with Crippen molar-refractivity contribution >= 4 is 24.0 Å². The van der Waals surface area contributed by atoms with Gasteiger partial charge in [0.05, 0.1) is 12.3 Å². The van der Waals surface area contributed by atoms with Crippen molar-refractivity contribution in [2.45, 2.75) is 31.7 Å². The predicted molar refractivity (Wildman–Crippen MR) is 63.3 cm³/mol. The van der Waals surface area contributed by atoms with Crippen molar-refractivity contribution < 1.29 is 10.0 Å². The zero-order valence-corrected chi connectivity index (χ0v) is 10.0. The molecule has 1 aliphatic carbocycles. The van der Waals surface area contributed by atoms with Gasteiger partial charge in [-0.25, -0.2) is 0 Å². The van der Waals surface area contributed by atoms with Crippen LogP contribution in [-0.2, 0) is 4.79 Å². The molecule has 0 unspecified atom stereocenters. The maximum Gasteiger partial charge on any atom is 0.234 e. The summed E-state index contributed by atoms with van der Waals surface area (Å²) in [6.45, 7) is 2.12. The molecule has 16 heavy (non-hydrogen) atoms. The molecule has 0 aromatic rings. The standard InChI is InChI=1S/C10H17N3O2.ClH/c14-10(11-8-1-2-8)7-13-5-3-9(12-15)4-6-13;/h8,15H,1-7H2,(H,11,14);1H. The number of nitrogens with one attached hydrogen (secondary N) is 1. The molecular formula is C10H18ClN3O2. The van der Waals surface area contributed by atoms with E-state index in [-0.39, 0.29) is 18.3 Å². The van der Waals surface area contributed by atoms with Gasteiger partial charge in [0.25, 0.3) is 0 Å². The maximum atomic E-state index is 11.5. The highest BCUT2D eigenvalue weighted by molar-refractivity contribution is 5.85. The Morgan fingerprint density at radius 1 is 1.44 bits per heavy atom. The molecule has 2 aliphatic rings. The molecule has 6 heteroatoms. The van der Waals surface area contributed by atoms with E-state index in [1.165, 1.54) is 0 Å². The number of hydrogen-bond donors (Lipinski definition) is 2. The lowest BCUT2D eigenvalue weighted by Gasteiger charge is -2.26. The van der Waals surface area contributed by atoms with Crippen LogP contribution in [0.1, 0.15) is 25.7 Å². The number of oxime groups is 1. The molecule has 0 bridgehead atoms. The van der Waals surface area contributed by atoms with Gasteiger partial charge in [0.2, 0.25) is 5.91 Å². The van der Waals surface area contributed by atoms with E-state index in [0.717, 1.165) is 44.5 Å². The smallest absolute Gasteiger partial charge is 0.234 e. The second-order valence-electron chi connectivity index (χ2n) is 4.28. The minimum Gasteiger partial charge on any atom is -0.411 e. The molecule has 2 N–H and O–H groups in total. The van der Waals surface area contributed by atoms with E-state index in [0.29, 0.717) is 12.6 Å². The Balaban J connectivity index is 0.00000128. The fourth-order valence-corrected chi connectivity index (χ4v) is 1.77. The van der Waals surface area contributed by atoms with Crippen LogP contribution in [0, 0.1) is 0 Å². The number of halogens is 1. The zero-order valence-electron chi connectivity index (χ0n) is 9.19. The van der Waals surface area contributed by atoms with Gasteiger partial charge in [0.1, 0.15) is 0 Å². The van der Waals surface area contributed by atoms with E-state index in [1.54, 1.807) is 0 Å². The third kappa shape index (κ3) is 3.98. The quantitative estimate of drug-likeness (QED) is 0.568. The van der Waals surface area contributed by atoms with Gasteiger partial charge >= 0.3 is 0 Å². The summed E-state index contributed by atoms with van der Waals surface area (Å²) in [4.78, 5) is 13.6. The van der Waals surface area contributed by atoms with Crippen LogP contribution in [0.2, 0.25) is 0 Å². The van der Waals surface area contributed by atoms with Crippen molar-refractivity contribution in [3.8, 4) is 0 Å². The van der Waals surface area contributed by atoms with Gasteiger partial charge in [-0.15, -0.1) is 12.4 Å². The molecule has 5 nitrogen and oxygen atoms in total. The van der Waals surface area contributed by atoms with Gasteiger partial charge in [-0.05, 0) is 12.8 Å². The summed E-state index contributed by atoms with van der Waals surface area (Å²) < 4.78 is 0. The first-order valence-corrected chi connectivity index (χ1v) is 5.49. The minimum absolute atomic E-state index is 0. The predicted octanol–water partition coefficient (Wildman–Crippen LogP) is 0.613. The summed E-state index contributed by atoms with van der Waals surface area (Å²) in [5.41, 5.74) is 0.842. The van der Waals surface area contributed by atoms with Gasteiger partial charge in [0, 0.05) is 32.0 Å². The molecule has 1 heterocycles. The Labute approximate surface area is 101 Å². The SMILES string of the molecule is Cl.O=C(CN1CCC(=NO)CC1)NC1CC1.